The van der Waals surface area contributed by atoms with Crippen molar-refractivity contribution in [2.45, 2.75) is 6.42 Å². The molecule has 0 spiro atoms. The first kappa shape index (κ1) is 24.1. The zero-order valence-electron chi connectivity index (χ0n) is 19.4. The van der Waals surface area contributed by atoms with Gasteiger partial charge in [-0.05, 0) is 35.9 Å². The van der Waals surface area contributed by atoms with Crippen LogP contribution in [0.5, 0.6) is 0 Å². The summed E-state index contributed by atoms with van der Waals surface area (Å²) in [5, 5.41) is 5.37. The van der Waals surface area contributed by atoms with Crippen LogP contribution >= 0.6 is 0 Å². The number of para-hydroxylation sites is 1. The Hall–Kier alpha value is -5.05. The zero-order chi connectivity index (χ0) is 25.3. The lowest BCUT2D eigenvalue weighted by Crippen LogP contribution is -2.24. The normalized spacial score (nSPS) is 10.7. The maximum absolute atomic E-state index is 12.9. The van der Waals surface area contributed by atoms with Crippen LogP contribution < -0.4 is 10.6 Å². The molecule has 2 aromatic carbocycles. The number of aromatic nitrogens is 2. The van der Waals surface area contributed by atoms with Gasteiger partial charge in [0, 0.05) is 36.1 Å². The third-order valence-corrected chi connectivity index (χ3v) is 5.28. The van der Waals surface area contributed by atoms with E-state index in [0.29, 0.717) is 23.4 Å². The summed E-state index contributed by atoms with van der Waals surface area (Å²) in [4.78, 5) is 49.0. The largest absolute Gasteiger partial charge is 0.464 e. The van der Waals surface area contributed by atoms with E-state index >= 15 is 0 Å². The number of pyridine rings is 1. The standard InChI is InChI=1S/C27H23N5O4/c1-36-27(35)24-23(20(16-29-24)14-18-8-7-13-28-15-18)30-17-31-26(34)21-11-5-6-12-22(21)32-25(33)19-9-3-2-4-10-19/h2-13,15-17,29H,14H2,1H3,(H,32,33)(H,30,31,34). The number of amides is 2. The number of ether oxygens (including phenoxy) is 1. The summed E-state index contributed by atoms with van der Waals surface area (Å²) in [5.74, 6) is -1.40. The molecule has 0 aliphatic carbocycles. The third-order valence-electron chi connectivity index (χ3n) is 5.28. The fourth-order valence-electron chi connectivity index (χ4n) is 3.53. The molecule has 0 bridgehead atoms. The van der Waals surface area contributed by atoms with Crippen molar-refractivity contribution in [3.8, 4) is 0 Å². The van der Waals surface area contributed by atoms with Gasteiger partial charge >= 0.3 is 5.97 Å². The second kappa shape index (κ2) is 11.4. The van der Waals surface area contributed by atoms with Crippen molar-refractivity contribution in [1.82, 2.24) is 15.3 Å². The number of benzene rings is 2. The van der Waals surface area contributed by atoms with Gasteiger partial charge in [0.2, 0.25) is 0 Å². The maximum atomic E-state index is 12.9. The van der Waals surface area contributed by atoms with E-state index in [4.69, 9.17) is 4.74 Å². The Labute approximate surface area is 207 Å². The van der Waals surface area contributed by atoms with Crippen LogP contribution in [-0.4, -0.2) is 41.2 Å². The Morgan fingerprint density at radius 1 is 1.00 bits per heavy atom. The molecule has 180 valence electrons. The third kappa shape index (κ3) is 5.71. The van der Waals surface area contributed by atoms with E-state index in [1.54, 1.807) is 67.1 Å². The first-order chi connectivity index (χ1) is 17.6. The summed E-state index contributed by atoms with van der Waals surface area (Å²) < 4.78 is 4.84. The number of methoxy groups -OCH3 is 1. The topological polar surface area (TPSA) is 126 Å². The van der Waals surface area contributed by atoms with Crippen LogP contribution in [0.25, 0.3) is 0 Å². The predicted molar refractivity (Wildman–Crippen MR) is 136 cm³/mol. The van der Waals surface area contributed by atoms with Crippen molar-refractivity contribution in [2.24, 2.45) is 4.99 Å². The molecule has 9 nitrogen and oxygen atoms in total. The molecule has 4 rings (SSSR count). The van der Waals surface area contributed by atoms with Crippen LogP contribution in [0.1, 0.15) is 42.3 Å². The maximum Gasteiger partial charge on any atom is 0.356 e. The highest BCUT2D eigenvalue weighted by Crippen LogP contribution is 2.27. The molecule has 4 aromatic rings. The number of carbonyl (C=O) groups excluding carboxylic acids is 3. The number of carbonyl (C=O) groups is 3. The first-order valence-electron chi connectivity index (χ1n) is 11.0. The highest BCUT2D eigenvalue weighted by atomic mass is 16.5. The van der Waals surface area contributed by atoms with Crippen molar-refractivity contribution >= 4 is 35.5 Å². The summed E-state index contributed by atoms with van der Waals surface area (Å²) in [5.41, 5.74) is 3.24. The average molecular weight is 482 g/mol. The van der Waals surface area contributed by atoms with Gasteiger partial charge in [-0.15, -0.1) is 0 Å². The van der Waals surface area contributed by atoms with Gasteiger partial charge in [-0.25, -0.2) is 9.79 Å². The molecule has 0 saturated carbocycles. The Kier molecular flexibility index (Phi) is 7.62. The SMILES string of the molecule is COC(=O)c1[nH]cc(Cc2cccnc2)c1N=CNC(=O)c1ccccc1NC(=O)c1ccccc1. The molecule has 2 aromatic heterocycles. The number of hydrogen-bond donors (Lipinski definition) is 3. The number of rotatable bonds is 8. The molecule has 0 saturated heterocycles. The number of esters is 1. The number of nitrogens with zero attached hydrogens (tertiary/aromatic N) is 2. The van der Waals surface area contributed by atoms with E-state index in [0.717, 1.165) is 11.1 Å². The van der Waals surface area contributed by atoms with Crippen molar-refractivity contribution in [1.29, 1.82) is 0 Å². The van der Waals surface area contributed by atoms with Crippen LogP contribution in [0.15, 0.2) is 90.3 Å². The van der Waals surface area contributed by atoms with E-state index in [-0.39, 0.29) is 17.2 Å². The Morgan fingerprint density at radius 3 is 2.53 bits per heavy atom. The highest BCUT2D eigenvalue weighted by molar-refractivity contribution is 6.10. The summed E-state index contributed by atoms with van der Waals surface area (Å²) in [6.45, 7) is 0. The van der Waals surface area contributed by atoms with Crippen molar-refractivity contribution in [3.05, 3.63) is 113 Å². The second-order valence-corrected chi connectivity index (χ2v) is 7.66. The lowest BCUT2D eigenvalue weighted by Gasteiger charge is -2.10. The minimum absolute atomic E-state index is 0.164. The minimum atomic E-state index is -0.583. The number of nitrogens with one attached hydrogen (secondary N) is 3. The number of anilines is 1. The summed E-state index contributed by atoms with van der Waals surface area (Å²) >= 11 is 0. The van der Waals surface area contributed by atoms with E-state index in [1.165, 1.54) is 13.4 Å². The Morgan fingerprint density at radius 2 is 1.78 bits per heavy atom. The van der Waals surface area contributed by atoms with E-state index < -0.39 is 11.9 Å². The predicted octanol–water partition coefficient (Wildman–Crippen LogP) is 4.13. The van der Waals surface area contributed by atoms with Crippen molar-refractivity contribution < 1.29 is 19.1 Å². The number of aliphatic imine (C=N–C) groups is 1. The average Bonchev–Trinajstić information content (AvgIpc) is 3.31. The van der Waals surface area contributed by atoms with Gasteiger partial charge in [0.05, 0.1) is 24.7 Å². The lowest BCUT2D eigenvalue weighted by atomic mass is 10.1. The zero-order valence-corrected chi connectivity index (χ0v) is 19.4. The van der Waals surface area contributed by atoms with E-state index in [2.05, 4.69) is 25.6 Å². The highest BCUT2D eigenvalue weighted by Gasteiger charge is 2.18. The van der Waals surface area contributed by atoms with Gasteiger partial charge in [0.15, 0.2) is 5.69 Å². The van der Waals surface area contributed by atoms with Gasteiger partial charge in [0.1, 0.15) is 5.69 Å². The monoisotopic (exact) mass is 481 g/mol. The molecule has 2 amide bonds. The van der Waals surface area contributed by atoms with Crippen LogP contribution in [0.4, 0.5) is 11.4 Å². The van der Waals surface area contributed by atoms with E-state index in [1.807, 2.05) is 18.2 Å². The van der Waals surface area contributed by atoms with Gasteiger partial charge in [-0.2, -0.15) is 0 Å². The molecule has 36 heavy (non-hydrogen) atoms. The molecule has 0 atom stereocenters. The quantitative estimate of drug-likeness (QED) is 0.198. The van der Waals surface area contributed by atoms with Crippen LogP contribution in [-0.2, 0) is 11.2 Å². The molecule has 0 unspecified atom stereocenters. The van der Waals surface area contributed by atoms with Crippen molar-refractivity contribution in [2.75, 3.05) is 12.4 Å². The first-order valence-corrected chi connectivity index (χ1v) is 11.0. The van der Waals surface area contributed by atoms with Gasteiger partial charge in [0.25, 0.3) is 11.8 Å². The lowest BCUT2D eigenvalue weighted by molar-refractivity contribution is 0.0595. The number of hydrogen-bond acceptors (Lipinski definition) is 6. The smallest absolute Gasteiger partial charge is 0.356 e. The molecular weight excluding hydrogens is 458 g/mol. The summed E-state index contributed by atoms with van der Waals surface area (Å²) in [7, 11) is 1.28. The van der Waals surface area contributed by atoms with Crippen LogP contribution in [0.3, 0.4) is 0 Å². The summed E-state index contributed by atoms with van der Waals surface area (Å²) in [6, 6.07) is 19.1. The molecule has 3 N–H and O–H groups in total. The van der Waals surface area contributed by atoms with Gasteiger partial charge in [-0.1, -0.05) is 36.4 Å². The minimum Gasteiger partial charge on any atom is -0.464 e. The van der Waals surface area contributed by atoms with E-state index in [9.17, 15) is 14.4 Å². The fraction of sp³-hybridized carbons (Fsp3) is 0.0741. The summed E-state index contributed by atoms with van der Waals surface area (Å²) in [6.07, 6.45) is 6.74. The number of aromatic amines is 1. The molecule has 0 radical (unpaired) electrons. The number of H-pyrrole nitrogens is 1. The molecule has 0 aliphatic rings. The Balaban J connectivity index is 1.52. The van der Waals surface area contributed by atoms with Crippen molar-refractivity contribution in [3.63, 3.8) is 0 Å². The van der Waals surface area contributed by atoms with Gasteiger partial charge < -0.3 is 20.4 Å². The van der Waals surface area contributed by atoms with Crippen LogP contribution in [0, 0.1) is 0 Å². The van der Waals surface area contributed by atoms with Gasteiger partial charge in [-0.3, -0.25) is 14.6 Å². The molecule has 0 fully saturated rings. The second-order valence-electron chi connectivity index (χ2n) is 7.66. The molecular formula is C27H23N5O4. The fourth-order valence-corrected chi connectivity index (χ4v) is 3.53. The molecule has 0 aliphatic heterocycles. The Bertz CT molecular complexity index is 1400. The van der Waals surface area contributed by atoms with Crippen LogP contribution in [0.2, 0.25) is 0 Å². The molecule has 2 heterocycles. The molecule has 9 heteroatoms.